The Morgan fingerprint density at radius 3 is 2.25 bits per heavy atom. The molecule has 0 aliphatic heterocycles. The maximum atomic E-state index is 12.9. The Kier molecular flexibility index (Phi) is 3.80. The predicted octanol–water partition coefficient (Wildman–Crippen LogP) is 5.40. The molecule has 0 atom stereocenters. The highest BCUT2D eigenvalue weighted by molar-refractivity contribution is 7.08. The number of rotatable bonds is 4. The van der Waals surface area contributed by atoms with E-state index in [9.17, 15) is 4.39 Å². The highest BCUT2D eigenvalue weighted by Crippen LogP contribution is 2.27. The summed E-state index contributed by atoms with van der Waals surface area (Å²) in [5, 5.41) is 7.92. The predicted molar refractivity (Wildman–Crippen MR) is 89.5 cm³/mol. The van der Waals surface area contributed by atoms with Crippen molar-refractivity contribution in [2.45, 2.75) is 0 Å². The van der Waals surface area contributed by atoms with Crippen LogP contribution >= 0.6 is 11.3 Å². The molecule has 0 radical (unpaired) electrons. The van der Waals surface area contributed by atoms with E-state index in [2.05, 4.69) is 10.1 Å². The minimum Gasteiger partial charge on any atom is -0.457 e. The smallest absolute Gasteiger partial charge is 0.259 e. The van der Waals surface area contributed by atoms with Crippen LogP contribution in [-0.2, 0) is 0 Å². The van der Waals surface area contributed by atoms with Gasteiger partial charge in [-0.2, -0.15) is 16.3 Å². The molecule has 24 heavy (non-hydrogen) atoms. The van der Waals surface area contributed by atoms with Crippen LogP contribution in [0.3, 0.4) is 0 Å². The first kappa shape index (κ1) is 14.6. The average molecular weight is 338 g/mol. The molecule has 0 unspecified atom stereocenters. The second kappa shape index (κ2) is 6.25. The van der Waals surface area contributed by atoms with Crippen molar-refractivity contribution in [1.82, 2.24) is 10.1 Å². The molecule has 4 rings (SSSR count). The lowest BCUT2D eigenvalue weighted by atomic mass is 10.2. The Labute approximate surface area is 141 Å². The molecule has 0 fully saturated rings. The third-order valence-electron chi connectivity index (χ3n) is 3.36. The molecule has 4 nitrogen and oxygen atoms in total. The SMILES string of the molecule is Fc1ccc(Oc2ccc(-c3noc(-c4ccsc4)n3)cc2)cc1. The first-order valence-corrected chi connectivity index (χ1v) is 8.12. The number of thiophene rings is 1. The van der Waals surface area contributed by atoms with Crippen LogP contribution in [0.15, 0.2) is 69.9 Å². The monoisotopic (exact) mass is 338 g/mol. The molecule has 4 aromatic rings. The largest absolute Gasteiger partial charge is 0.457 e. The maximum absolute atomic E-state index is 12.9. The van der Waals surface area contributed by atoms with Crippen LogP contribution in [0.1, 0.15) is 0 Å². The van der Waals surface area contributed by atoms with Crippen LogP contribution in [-0.4, -0.2) is 10.1 Å². The van der Waals surface area contributed by atoms with E-state index in [1.165, 1.54) is 12.1 Å². The fourth-order valence-corrected chi connectivity index (χ4v) is 2.78. The first-order valence-electron chi connectivity index (χ1n) is 7.18. The topological polar surface area (TPSA) is 48.2 Å². The minimum absolute atomic E-state index is 0.295. The highest BCUT2D eigenvalue weighted by Gasteiger charge is 2.11. The maximum Gasteiger partial charge on any atom is 0.259 e. The Balaban J connectivity index is 1.52. The van der Waals surface area contributed by atoms with E-state index < -0.39 is 0 Å². The molecule has 6 heteroatoms. The van der Waals surface area contributed by atoms with Crippen LogP contribution in [0, 0.1) is 5.82 Å². The lowest BCUT2D eigenvalue weighted by Crippen LogP contribution is -1.86. The van der Waals surface area contributed by atoms with Gasteiger partial charge < -0.3 is 9.26 Å². The summed E-state index contributed by atoms with van der Waals surface area (Å²) in [5.74, 6) is 1.94. The summed E-state index contributed by atoms with van der Waals surface area (Å²) in [6.07, 6.45) is 0. The number of aromatic nitrogens is 2. The van der Waals surface area contributed by atoms with E-state index in [-0.39, 0.29) is 5.82 Å². The van der Waals surface area contributed by atoms with Gasteiger partial charge in [0, 0.05) is 10.9 Å². The fourth-order valence-electron chi connectivity index (χ4n) is 2.15. The number of nitrogens with zero attached hydrogens (tertiary/aromatic N) is 2. The van der Waals surface area contributed by atoms with Crippen molar-refractivity contribution in [2.75, 3.05) is 0 Å². The number of benzene rings is 2. The molecule has 0 saturated heterocycles. The lowest BCUT2D eigenvalue weighted by Gasteiger charge is -2.05. The van der Waals surface area contributed by atoms with Gasteiger partial charge in [-0.05, 0) is 60.0 Å². The number of halogens is 1. The molecule has 118 valence electrons. The van der Waals surface area contributed by atoms with E-state index >= 15 is 0 Å². The van der Waals surface area contributed by atoms with E-state index in [0.717, 1.165) is 11.1 Å². The van der Waals surface area contributed by atoms with Crippen molar-refractivity contribution in [3.05, 3.63) is 71.2 Å². The van der Waals surface area contributed by atoms with Crippen molar-refractivity contribution in [2.24, 2.45) is 0 Å². The molecule has 0 amide bonds. The van der Waals surface area contributed by atoms with Gasteiger partial charge in [0.05, 0.1) is 5.56 Å². The van der Waals surface area contributed by atoms with Gasteiger partial charge in [0.1, 0.15) is 17.3 Å². The summed E-state index contributed by atoms with van der Waals surface area (Å²) in [6.45, 7) is 0. The normalized spacial score (nSPS) is 10.7. The van der Waals surface area contributed by atoms with Gasteiger partial charge in [-0.15, -0.1) is 0 Å². The zero-order valence-electron chi connectivity index (χ0n) is 12.3. The van der Waals surface area contributed by atoms with Gasteiger partial charge in [-0.25, -0.2) is 4.39 Å². The second-order valence-corrected chi connectivity index (χ2v) is 5.80. The molecule has 0 aliphatic carbocycles. The van der Waals surface area contributed by atoms with Crippen molar-refractivity contribution >= 4 is 11.3 Å². The van der Waals surface area contributed by atoms with Gasteiger partial charge in [-0.1, -0.05) is 5.16 Å². The molecule has 2 aromatic carbocycles. The third-order valence-corrected chi connectivity index (χ3v) is 4.04. The molecule has 2 aromatic heterocycles. The highest BCUT2D eigenvalue weighted by atomic mass is 32.1. The lowest BCUT2D eigenvalue weighted by molar-refractivity contribution is 0.432. The molecule has 0 saturated carbocycles. The molecule has 0 spiro atoms. The van der Waals surface area contributed by atoms with Crippen LogP contribution in [0.25, 0.3) is 22.8 Å². The summed E-state index contributed by atoms with van der Waals surface area (Å²) in [6, 6.07) is 15.1. The first-order chi connectivity index (χ1) is 11.8. The fraction of sp³-hybridized carbons (Fsp3) is 0. The Bertz CT molecular complexity index is 932. The van der Waals surface area contributed by atoms with Gasteiger partial charge in [0.15, 0.2) is 0 Å². The molecular weight excluding hydrogens is 327 g/mol. The zero-order valence-corrected chi connectivity index (χ0v) is 13.2. The van der Waals surface area contributed by atoms with E-state index in [1.807, 2.05) is 29.0 Å². The van der Waals surface area contributed by atoms with Gasteiger partial charge in [0.2, 0.25) is 5.82 Å². The van der Waals surface area contributed by atoms with Crippen LogP contribution in [0.2, 0.25) is 0 Å². The van der Waals surface area contributed by atoms with Crippen molar-refractivity contribution < 1.29 is 13.7 Å². The summed E-state index contributed by atoms with van der Waals surface area (Å²) in [7, 11) is 0. The molecule has 2 heterocycles. The number of ether oxygens (including phenoxy) is 1. The summed E-state index contributed by atoms with van der Waals surface area (Å²) < 4.78 is 23.8. The van der Waals surface area contributed by atoms with Crippen LogP contribution in [0.5, 0.6) is 11.5 Å². The van der Waals surface area contributed by atoms with E-state index in [0.29, 0.717) is 23.2 Å². The molecule has 0 N–H and O–H groups in total. The van der Waals surface area contributed by atoms with Gasteiger partial charge >= 0.3 is 0 Å². The van der Waals surface area contributed by atoms with E-state index in [1.54, 1.807) is 35.6 Å². The third kappa shape index (κ3) is 3.04. The van der Waals surface area contributed by atoms with Crippen molar-refractivity contribution in [3.8, 4) is 34.3 Å². The van der Waals surface area contributed by atoms with Gasteiger partial charge in [-0.3, -0.25) is 0 Å². The van der Waals surface area contributed by atoms with Gasteiger partial charge in [0.25, 0.3) is 5.89 Å². The van der Waals surface area contributed by atoms with Crippen LogP contribution < -0.4 is 4.74 Å². The Hall–Kier alpha value is -2.99. The minimum atomic E-state index is -0.295. The average Bonchev–Trinajstić information content (AvgIpc) is 3.29. The summed E-state index contributed by atoms with van der Waals surface area (Å²) >= 11 is 1.58. The Morgan fingerprint density at radius 1 is 0.875 bits per heavy atom. The molecular formula is C18H11FN2O2S. The summed E-state index contributed by atoms with van der Waals surface area (Å²) in [5.41, 5.74) is 1.74. The van der Waals surface area contributed by atoms with E-state index in [4.69, 9.17) is 9.26 Å². The molecule has 0 aliphatic rings. The standard InChI is InChI=1S/C18H11FN2O2S/c19-14-3-7-16(8-4-14)22-15-5-1-12(2-6-15)17-20-18(23-21-17)13-9-10-24-11-13/h1-11H. The second-order valence-electron chi connectivity index (χ2n) is 5.02. The Morgan fingerprint density at radius 2 is 1.58 bits per heavy atom. The summed E-state index contributed by atoms with van der Waals surface area (Å²) in [4.78, 5) is 4.39. The molecule has 0 bridgehead atoms. The number of hydrogen-bond donors (Lipinski definition) is 0. The quantitative estimate of drug-likeness (QED) is 0.500. The van der Waals surface area contributed by atoms with Crippen molar-refractivity contribution in [1.29, 1.82) is 0 Å². The van der Waals surface area contributed by atoms with Crippen molar-refractivity contribution in [3.63, 3.8) is 0 Å². The zero-order chi connectivity index (χ0) is 16.4. The van der Waals surface area contributed by atoms with Crippen LogP contribution in [0.4, 0.5) is 4.39 Å². The number of hydrogen-bond acceptors (Lipinski definition) is 5.